The molecule has 3 nitrogen and oxygen atoms in total. The molecule has 9 heavy (non-hydrogen) atoms. The van der Waals surface area contributed by atoms with Crippen LogP contribution in [-0.2, 0) is 4.74 Å². The molecule has 0 saturated carbocycles. The van der Waals surface area contributed by atoms with Crippen molar-refractivity contribution in [2.24, 2.45) is 0 Å². The van der Waals surface area contributed by atoms with Gasteiger partial charge in [0.2, 0.25) is 0 Å². The minimum Gasteiger partial charge on any atom is -0.394 e. The van der Waals surface area contributed by atoms with Crippen LogP contribution >= 0.6 is 0 Å². The van der Waals surface area contributed by atoms with E-state index >= 15 is 0 Å². The van der Waals surface area contributed by atoms with Crippen LogP contribution in [0.5, 0.6) is 0 Å². The number of aliphatic hydroxyl groups excluding tert-OH is 2. The Balaban J connectivity index is 0. The first-order chi connectivity index (χ1) is 4.18. The SMILES string of the molecule is COC(C)C.OCCO. The van der Waals surface area contributed by atoms with Crippen molar-refractivity contribution in [1.82, 2.24) is 0 Å². The van der Waals surface area contributed by atoms with Crippen LogP contribution in [0.25, 0.3) is 0 Å². The van der Waals surface area contributed by atoms with Crippen molar-refractivity contribution in [2.75, 3.05) is 20.3 Å². The number of aliphatic hydroxyl groups is 2. The van der Waals surface area contributed by atoms with Gasteiger partial charge in [-0.15, -0.1) is 0 Å². The van der Waals surface area contributed by atoms with Gasteiger partial charge in [0.25, 0.3) is 0 Å². The van der Waals surface area contributed by atoms with Gasteiger partial charge in [0.1, 0.15) is 0 Å². The Morgan fingerprint density at radius 3 is 1.44 bits per heavy atom. The molecule has 0 spiro atoms. The van der Waals surface area contributed by atoms with E-state index in [2.05, 4.69) is 0 Å². The summed E-state index contributed by atoms with van der Waals surface area (Å²) in [5.41, 5.74) is 0. The van der Waals surface area contributed by atoms with E-state index < -0.39 is 0 Å². The van der Waals surface area contributed by atoms with Crippen LogP contribution in [0.1, 0.15) is 13.8 Å². The van der Waals surface area contributed by atoms with Crippen LogP contribution in [0.15, 0.2) is 0 Å². The molecule has 0 unspecified atom stereocenters. The summed E-state index contributed by atoms with van der Waals surface area (Å²) in [5.74, 6) is 0. The highest BCUT2D eigenvalue weighted by molar-refractivity contribution is 4.27. The minimum absolute atomic E-state index is 0.125. The van der Waals surface area contributed by atoms with Gasteiger partial charge in [0, 0.05) is 7.11 Å². The molecule has 0 aromatic carbocycles. The minimum atomic E-state index is -0.125. The van der Waals surface area contributed by atoms with Gasteiger partial charge in [-0.05, 0) is 13.8 Å². The zero-order valence-electron chi connectivity index (χ0n) is 6.29. The highest BCUT2D eigenvalue weighted by Gasteiger charge is 1.78. The molecule has 0 atom stereocenters. The van der Waals surface area contributed by atoms with Gasteiger partial charge in [0.05, 0.1) is 19.3 Å². The molecule has 0 fully saturated rings. The van der Waals surface area contributed by atoms with E-state index in [9.17, 15) is 0 Å². The molecule has 2 N–H and O–H groups in total. The predicted molar refractivity (Wildman–Crippen MR) is 36.3 cm³/mol. The van der Waals surface area contributed by atoms with E-state index in [1.54, 1.807) is 7.11 Å². The van der Waals surface area contributed by atoms with E-state index in [1.165, 1.54) is 0 Å². The Hall–Kier alpha value is -0.120. The summed E-state index contributed by atoms with van der Waals surface area (Å²) in [6.07, 6.45) is 0.384. The average molecular weight is 136 g/mol. The number of methoxy groups -OCH3 is 1. The molecule has 0 aliphatic carbocycles. The Kier molecular flexibility index (Phi) is 14.0. The van der Waals surface area contributed by atoms with Crippen molar-refractivity contribution >= 4 is 0 Å². The van der Waals surface area contributed by atoms with E-state index in [0.29, 0.717) is 6.10 Å². The molecule has 0 radical (unpaired) electrons. The average Bonchev–Trinajstić information content (AvgIpc) is 1.89. The summed E-state index contributed by atoms with van der Waals surface area (Å²) in [6.45, 7) is 3.75. The lowest BCUT2D eigenvalue weighted by Crippen LogP contribution is -1.94. The highest BCUT2D eigenvalue weighted by atomic mass is 16.5. The number of hydrogen-bond donors (Lipinski definition) is 2. The van der Waals surface area contributed by atoms with Crippen LogP contribution in [0, 0.1) is 0 Å². The van der Waals surface area contributed by atoms with E-state index in [-0.39, 0.29) is 13.2 Å². The van der Waals surface area contributed by atoms with Crippen molar-refractivity contribution < 1.29 is 14.9 Å². The van der Waals surface area contributed by atoms with Gasteiger partial charge < -0.3 is 14.9 Å². The molecule has 0 aliphatic heterocycles. The first-order valence-electron chi connectivity index (χ1n) is 2.93. The van der Waals surface area contributed by atoms with Crippen LogP contribution in [0.2, 0.25) is 0 Å². The lowest BCUT2D eigenvalue weighted by atomic mass is 10.5. The lowest BCUT2D eigenvalue weighted by molar-refractivity contribution is 0.134. The molecule has 0 heterocycles. The number of rotatable bonds is 2. The third-order valence-corrected chi connectivity index (χ3v) is 0.571. The summed E-state index contributed by atoms with van der Waals surface area (Å²) in [6, 6.07) is 0. The van der Waals surface area contributed by atoms with Crippen molar-refractivity contribution in [2.45, 2.75) is 20.0 Å². The molecule has 0 rings (SSSR count). The first-order valence-corrected chi connectivity index (χ1v) is 2.93. The summed E-state index contributed by atoms with van der Waals surface area (Å²) >= 11 is 0. The Bertz CT molecular complexity index is 35.3. The predicted octanol–water partition coefficient (Wildman–Crippen LogP) is 0.0122. The lowest BCUT2D eigenvalue weighted by Gasteiger charge is -1.94. The highest BCUT2D eigenvalue weighted by Crippen LogP contribution is 1.77. The van der Waals surface area contributed by atoms with Crippen molar-refractivity contribution in [3.05, 3.63) is 0 Å². The fraction of sp³-hybridized carbons (Fsp3) is 1.00. The first kappa shape index (κ1) is 11.6. The Labute approximate surface area is 56.3 Å². The van der Waals surface area contributed by atoms with Crippen molar-refractivity contribution in [3.8, 4) is 0 Å². The second kappa shape index (κ2) is 10.8. The van der Waals surface area contributed by atoms with Crippen LogP contribution in [0.3, 0.4) is 0 Å². The van der Waals surface area contributed by atoms with Crippen LogP contribution < -0.4 is 0 Å². The number of hydrogen-bond acceptors (Lipinski definition) is 3. The van der Waals surface area contributed by atoms with Gasteiger partial charge in [-0.1, -0.05) is 0 Å². The summed E-state index contributed by atoms with van der Waals surface area (Å²) in [5, 5.41) is 15.2. The Morgan fingerprint density at radius 1 is 1.22 bits per heavy atom. The van der Waals surface area contributed by atoms with Crippen LogP contribution in [0.4, 0.5) is 0 Å². The molecule has 0 amide bonds. The standard InChI is InChI=1S/C4H10O.C2H6O2/c1-4(2)5-3;3-1-2-4/h4H,1-3H3;3-4H,1-2H2. The normalized spacial score (nSPS) is 8.67. The maximum absolute atomic E-state index is 7.62. The third-order valence-electron chi connectivity index (χ3n) is 0.571. The largest absolute Gasteiger partial charge is 0.394 e. The molecule has 0 aromatic rings. The molecule has 0 aliphatic rings. The smallest absolute Gasteiger partial charge is 0.0662 e. The molecule has 0 aromatic heterocycles. The monoisotopic (exact) mass is 136 g/mol. The topological polar surface area (TPSA) is 49.7 Å². The van der Waals surface area contributed by atoms with Crippen LogP contribution in [-0.4, -0.2) is 36.6 Å². The van der Waals surface area contributed by atoms with Gasteiger partial charge in [0.15, 0.2) is 0 Å². The summed E-state index contributed by atoms with van der Waals surface area (Å²) in [7, 11) is 1.70. The van der Waals surface area contributed by atoms with E-state index in [4.69, 9.17) is 14.9 Å². The van der Waals surface area contributed by atoms with Gasteiger partial charge in [-0.25, -0.2) is 0 Å². The van der Waals surface area contributed by atoms with Gasteiger partial charge in [-0.3, -0.25) is 0 Å². The maximum atomic E-state index is 7.62. The molecule has 0 bridgehead atoms. The second-order valence-electron chi connectivity index (χ2n) is 1.73. The van der Waals surface area contributed by atoms with E-state index in [0.717, 1.165) is 0 Å². The quantitative estimate of drug-likeness (QED) is 0.562. The molecule has 3 heteroatoms. The van der Waals surface area contributed by atoms with Crippen molar-refractivity contribution in [3.63, 3.8) is 0 Å². The van der Waals surface area contributed by atoms with E-state index in [1.807, 2.05) is 13.8 Å². The number of ether oxygens (including phenoxy) is 1. The summed E-state index contributed by atoms with van der Waals surface area (Å²) < 4.78 is 4.75. The second-order valence-corrected chi connectivity index (χ2v) is 1.73. The molecular weight excluding hydrogens is 120 g/mol. The summed E-state index contributed by atoms with van der Waals surface area (Å²) in [4.78, 5) is 0. The maximum Gasteiger partial charge on any atom is 0.0662 e. The fourth-order valence-electron chi connectivity index (χ4n) is 0. The fourth-order valence-corrected chi connectivity index (χ4v) is 0. The molecular formula is C6H16O3. The van der Waals surface area contributed by atoms with Gasteiger partial charge in [-0.2, -0.15) is 0 Å². The Morgan fingerprint density at radius 2 is 1.44 bits per heavy atom. The zero-order valence-corrected chi connectivity index (χ0v) is 6.29. The molecule has 0 saturated heterocycles. The molecule has 58 valence electrons. The third kappa shape index (κ3) is 32.8. The van der Waals surface area contributed by atoms with Crippen molar-refractivity contribution in [1.29, 1.82) is 0 Å². The zero-order chi connectivity index (χ0) is 7.70. The van der Waals surface area contributed by atoms with Gasteiger partial charge >= 0.3 is 0 Å².